The number of carboxylic acids is 1. The van der Waals surface area contributed by atoms with Crippen LogP contribution in [0.1, 0.15) is 33.1 Å². The van der Waals surface area contributed by atoms with Crippen LogP contribution in [0, 0.1) is 29.1 Å². The Kier molecular flexibility index (Phi) is 3.71. The molecule has 6 heteroatoms. The fraction of sp³-hybridized carbons (Fsp3) is 0.611. The minimum atomic E-state index is -1.12. The number of carboxylic acid groups (broad SMARTS) is 1. The van der Waals surface area contributed by atoms with E-state index in [-0.39, 0.29) is 31.5 Å². The van der Waals surface area contributed by atoms with Crippen LogP contribution in [0.5, 0.6) is 0 Å². The van der Waals surface area contributed by atoms with Gasteiger partial charge in [0.1, 0.15) is 6.54 Å². The van der Waals surface area contributed by atoms with E-state index in [0.717, 1.165) is 24.2 Å². The highest BCUT2D eigenvalue weighted by Crippen LogP contribution is 2.70. The predicted octanol–water partition coefficient (Wildman–Crippen LogP) is 1.72. The van der Waals surface area contributed by atoms with Crippen molar-refractivity contribution in [1.82, 2.24) is 9.80 Å². The van der Waals surface area contributed by atoms with Gasteiger partial charge in [-0.15, -0.1) is 6.42 Å². The number of nitrogens with zero attached hydrogens (tertiary/aromatic N) is 2. The van der Waals surface area contributed by atoms with Crippen LogP contribution in [0.2, 0.25) is 0 Å². The van der Waals surface area contributed by atoms with E-state index in [4.69, 9.17) is 6.42 Å². The number of imide groups is 1. The second-order valence-corrected chi connectivity index (χ2v) is 7.48. The number of hydrogen-bond donors (Lipinski definition) is 1. The van der Waals surface area contributed by atoms with E-state index in [1.807, 2.05) is 13.8 Å². The molecule has 2 aliphatic carbocycles. The molecule has 6 nitrogen and oxygen atoms in total. The zero-order chi connectivity index (χ0) is 17.7. The average Bonchev–Trinajstić information content (AvgIpc) is 2.81. The lowest BCUT2D eigenvalue weighted by Gasteiger charge is -2.22. The van der Waals surface area contributed by atoms with E-state index in [2.05, 4.69) is 12.0 Å². The van der Waals surface area contributed by atoms with Gasteiger partial charge in [-0.2, -0.15) is 0 Å². The van der Waals surface area contributed by atoms with Crippen molar-refractivity contribution >= 4 is 17.9 Å². The van der Waals surface area contributed by atoms with Crippen LogP contribution < -0.4 is 0 Å². The number of rotatable bonds is 5. The third kappa shape index (κ3) is 2.15. The second kappa shape index (κ2) is 5.37. The first-order valence-electron chi connectivity index (χ1n) is 8.21. The van der Waals surface area contributed by atoms with Gasteiger partial charge in [0.2, 0.25) is 5.91 Å². The molecule has 1 aliphatic heterocycles. The van der Waals surface area contributed by atoms with Gasteiger partial charge in [-0.05, 0) is 24.7 Å². The van der Waals surface area contributed by atoms with Crippen molar-refractivity contribution in [2.45, 2.75) is 33.1 Å². The normalized spacial score (nSPS) is 30.9. The van der Waals surface area contributed by atoms with Gasteiger partial charge in [0.05, 0.1) is 12.0 Å². The average molecular weight is 330 g/mol. The van der Waals surface area contributed by atoms with Crippen molar-refractivity contribution in [3.05, 3.63) is 11.6 Å². The molecule has 0 bridgehead atoms. The number of hydrogen-bond acceptors (Lipinski definition) is 3. The molecule has 3 fully saturated rings. The topological polar surface area (TPSA) is 77.9 Å². The minimum Gasteiger partial charge on any atom is -0.481 e. The summed E-state index contributed by atoms with van der Waals surface area (Å²) in [4.78, 5) is 39.0. The summed E-state index contributed by atoms with van der Waals surface area (Å²) in [6.07, 6.45) is 10.4. The molecule has 0 unspecified atom stereocenters. The number of allylic oxidation sites excluding steroid dienone is 2. The lowest BCUT2D eigenvalue weighted by molar-refractivity contribution is -0.146. The Bertz CT molecular complexity index is 682. The number of aliphatic carboxylic acids is 1. The van der Waals surface area contributed by atoms with Crippen molar-refractivity contribution in [2.75, 3.05) is 19.6 Å². The Hall–Kier alpha value is -2.29. The molecule has 128 valence electrons. The van der Waals surface area contributed by atoms with Gasteiger partial charge in [-0.1, -0.05) is 31.4 Å². The summed E-state index contributed by atoms with van der Waals surface area (Å²) in [5.41, 5.74) is -0.335. The van der Waals surface area contributed by atoms with E-state index >= 15 is 0 Å². The van der Waals surface area contributed by atoms with Crippen LogP contribution in [0.25, 0.3) is 0 Å². The van der Waals surface area contributed by atoms with Gasteiger partial charge >= 0.3 is 12.0 Å². The Labute approximate surface area is 141 Å². The Morgan fingerprint density at radius 3 is 2.58 bits per heavy atom. The summed E-state index contributed by atoms with van der Waals surface area (Å²) in [6.45, 7) is 3.67. The summed E-state index contributed by atoms with van der Waals surface area (Å²) in [5.74, 6) is 0.848. The van der Waals surface area contributed by atoms with Crippen LogP contribution in [0.15, 0.2) is 11.6 Å². The lowest BCUT2D eigenvalue weighted by Crippen LogP contribution is -2.42. The highest BCUT2D eigenvalue weighted by atomic mass is 16.4. The van der Waals surface area contributed by atoms with Gasteiger partial charge in [0, 0.05) is 12.5 Å². The van der Waals surface area contributed by atoms with Gasteiger partial charge in [0.25, 0.3) is 0 Å². The molecule has 0 aromatic heterocycles. The summed E-state index contributed by atoms with van der Waals surface area (Å²) in [5, 5.41) is 9.89. The molecule has 2 saturated carbocycles. The maximum absolute atomic E-state index is 12.4. The van der Waals surface area contributed by atoms with Crippen molar-refractivity contribution in [3.63, 3.8) is 0 Å². The molecular formula is C18H22N2O4. The van der Waals surface area contributed by atoms with Crippen LogP contribution in [-0.4, -0.2) is 52.4 Å². The standard InChI is InChI=1S/C18H22N2O4/c1-4-8-19-10-14(21)20(16(19)24)11-18(15(22)23)13(17(18,2)3)9-12-6-5-7-12/h1,9,13H,5-8,10-11H2,2-3H3,(H,22,23)/t13-,18-/m0/s1. The van der Waals surface area contributed by atoms with E-state index in [9.17, 15) is 19.5 Å². The van der Waals surface area contributed by atoms with Crippen LogP contribution in [0.4, 0.5) is 4.79 Å². The van der Waals surface area contributed by atoms with Crippen molar-refractivity contribution in [1.29, 1.82) is 0 Å². The molecule has 3 rings (SSSR count). The summed E-state index contributed by atoms with van der Waals surface area (Å²) in [7, 11) is 0. The van der Waals surface area contributed by atoms with Crippen LogP contribution >= 0.6 is 0 Å². The van der Waals surface area contributed by atoms with Gasteiger partial charge < -0.3 is 10.0 Å². The van der Waals surface area contributed by atoms with Crippen molar-refractivity contribution in [2.24, 2.45) is 16.7 Å². The Morgan fingerprint density at radius 1 is 1.42 bits per heavy atom. The Balaban J connectivity index is 1.85. The molecular weight excluding hydrogens is 308 g/mol. The molecule has 1 N–H and O–H groups in total. The van der Waals surface area contributed by atoms with Crippen molar-refractivity contribution < 1.29 is 19.5 Å². The minimum absolute atomic E-state index is 0.0536. The lowest BCUT2D eigenvalue weighted by atomic mass is 9.90. The molecule has 3 amide bonds. The molecule has 0 radical (unpaired) electrons. The highest BCUT2D eigenvalue weighted by molar-refractivity contribution is 6.02. The van der Waals surface area contributed by atoms with Crippen LogP contribution in [-0.2, 0) is 9.59 Å². The number of carbonyl (C=O) groups excluding carboxylic acids is 2. The zero-order valence-corrected chi connectivity index (χ0v) is 14.0. The monoisotopic (exact) mass is 330 g/mol. The van der Waals surface area contributed by atoms with Crippen LogP contribution in [0.3, 0.4) is 0 Å². The molecule has 2 atom stereocenters. The molecule has 0 aromatic carbocycles. The summed E-state index contributed by atoms with van der Waals surface area (Å²) >= 11 is 0. The second-order valence-electron chi connectivity index (χ2n) is 7.48. The van der Waals surface area contributed by atoms with E-state index in [1.54, 1.807) is 0 Å². The third-order valence-electron chi connectivity index (χ3n) is 5.97. The number of urea groups is 1. The molecule has 1 saturated heterocycles. The van der Waals surface area contributed by atoms with E-state index in [1.165, 1.54) is 10.5 Å². The smallest absolute Gasteiger partial charge is 0.328 e. The molecule has 24 heavy (non-hydrogen) atoms. The maximum Gasteiger partial charge on any atom is 0.328 e. The molecule has 3 aliphatic rings. The highest BCUT2D eigenvalue weighted by Gasteiger charge is 2.76. The largest absolute Gasteiger partial charge is 0.481 e. The molecule has 0 aromatic rings. The Morgan fingerprint density at radius 2 is 2.08 bits per heavy atom. The van der Waals surface area contributed by atoms with E-state index in [0.29, 0.717) is 0 Å². The number of amides is 3. The first kappa shape index (κ1) is 16.6. The SMILES string of the molecule is C#CCN1CC(=O)N(C[C@@]2(C(=O)O)[C@@H](C=C3CCC3)C2(C)C)C1=O. The zero-order valence-electron chi connectivity index (χ0n) is 14.0. The number of terminal acetylenes is 1. The summed E-state index contributed by atoms with van der Waals surface area (Å²) in [6, 6.07) is -0.490. The maximum atomic E-state index is 12.4. The predicted molar refractivity (Wildman–Crippen MR) is 86.8 cm³/mol. The number of carbonyl (C=O) groups is 3. The van der Waals surface area contributed by atoms with E-state index < -0.39 is 22.8 Å². The van der Waals surface area contributed by atoms with Gasteiger partial charge in [0.15, 0.2) is 0 Å². The fourth-order valence-corrected chi connectivity index (χ4v) is 4.04. The molecule has 1 heterocycles. The summed E-state index contributed by atoms with van der Waals surface area (Å²) < 4.78 is 0. The quantitative estimate of drug-likeness (QED) is 0.473. The van der Waals surface area contributed by atoms with Gasteiger partial charge in [-0.25, -0.2) is 4.79 Å². The first-order valence-corrected chi connectivity index (χ1v) is 8.21. The fourth-order valence-electron chi connectivity index (χ4n) is 4.04. The first-order chi connectivity index (χ1) is 11.3. The van der Waals surface area contributed by atoms with Crippen molar-refractivity contribution in [3.8, 4) is 12.3 Å². The van der Waals surface area contributed by atoms with Gasteiger partial charge in [-0.3, -0.25) is 14.5 Å². The third-order valence-corrected chi connectivity index (χ3v) is 5.97. The molecule has 0 spiro atoms.